The molecule has 0 spiro atoms. The van der Waals surface area contributed by atoms with Crippen LogP contribution in [0.3, 0.4) is 0 Å². The van der Waals surface area contributed by atoms with E-state index >= 15 is 0 Å². The quantitative estimate of drug-likeness (QED) is 0.857. The summed E-state index contributed by atoms with van der Waals surface area (Å²) in [4.78, 5) is 26.4. The summed E-state index contributed by atoms with van der Waals surface area (Å²) in [5.41, 5.74) is 0.583. The van der Waals surface area contributed by atoms with E-state index in [2.05, 4.69) is 17.6 Å². The lowest BCUT2D eigenvalue weighted by Gasteiger charge is -2.27. The van der Waals surface area contributed by atoms with E-state index in [4.69, 9.17) is 0 Å². The normalized spacial score (nSPS) is 27.5. The zero-order chi connectivity index (χ0) is 14.8. The highest BCUT2D eigenvalue weighted by Crippen LogP contribution is 2.31. The maximum atomic E-state index is 12.4. The van der Waals surface area contributed by atoms with Crippen LogP contribution in [-0.4, -0.2) is 48.4 Å². The van der Waals surface area contributed by atoms with Crippen LogP contribution in [-0.2, 0) is 4.79 Å². The molecule has 1 aromatic carbocycles. The van der Waals surface area contributed by atoms with E-state index in [-0.39, 0.29) is 24.4 Å². The molecule has 112 valence electrons. The van der Waals surface area contributed by atoms with E-state index in [0.29, 0.717) is 17.5 Å². The Kier molecular flexibility index (Phi) is 3.92. The molecule has 2 fully saturated rings. The molecule has 2 heterocycles. The van der Waals surface area contributed by atoms with Gasteiger partial charge in [0, 0.05) is 30.7 Å². The van der Waals surface area contributed by atoms with Crippen LogP contribution in [0.2, 0.25) is 0 Å². The van der Waals surface area contributed by atoms with Crippen LogP contribution in [0.25, 0.3) is 0 Å². The third-order valence-corrected chi connectivity index (χ3v) is 4.50. The lowest BCUT2D eigenvalue weighted by atomic mass is 10.0. The molecular formula is C16H21N3O2. The van der Waals surface area contributed by atoms with Crippen LogP contribution in [0, 0.1) is 5.92 Å². The second-order valence-corrected chi connectivity index (χ2v) is 5.92. The van der Waals surface area contributed by atoms with Gasteiger partial charge in [0.05, 0.1) is 6.54 Å². The standard InChI is InChI=1S/C16H21N3O2/c1-11-7-13-8-17-9-14(13)19(11)15(20)10-18-16(21)12-5-3-2-4-6-12/h2-6,11,13-14,17H,7-10H2,1H3,(H,18,21). The molecule has 3 unspecified atom stereocenters. The van der Waals surface area contributed by atoms with Crippen molar-refractivity contribution >= 4 is 11.8 Å². The molecule has 2 N–H and O–H groups in total. The zero-order valence-electron chi connectivity index (χ0n) is 12.2. The van der Waals surface area contributed by atoms with Crippen molar-refractivity contribution in [2.45, 2.75) is 25.4 Å². The molecule has 1 aromatic rings. The summed E-state index contributed by atoms with van der Waals surface area (Å²) in [6, 6.07) is 9.54. The predicted octanol–water partition coefficient (Wildman–Crippen LogP) is 0.625. The summed E-state index contributed by atoms with van der Waals surface area (Å²) in [5.74, 6) is 0.383. The molecule has 5 nitrogen and oxygen atoms in total. The van der Waals surface area contributed by atoms with Crippen molar-refractivity contribution in [1.82, 2.24) is 15.5 Å². The van der Waals surface area contributed by atoms with Gasteiger partial charge in [0.1, 0.15) is 0 Å². The van der Waals surface area contributed by atoms with E-state index in [9.17, 15) is 9.59 Å². The molecular weight excluding hydrogens is 266 g/mol. The van der Waals surface area contributed by atoms with Crippen molar-refractivity contribution in [3.8, 4) is 0 Å². The Morgan fingerprint density at radius 1 is 1.29 bits per heavy atom. The molecule has 2 amide bonds. The first-order valence-corrected chi connectivity index (χ1v) is 7.52. The second-order valence-electron chi connectivity index (χ2n) is 5.92. The molecule has 5 heteroatoms. The number of nitrogens with zero attached hydrogens (tertiary/aromatic N) is 1. The number of hydrogen-bond acceptors (Lipinski definition) is 3. The Morgan fingerprint density at radius 3 is 2.81 bits per heavy atom. The Bertz CT molecular complexity index is 532. The minimum atomic E-state index is -0.197. The van der Waals surface area contributed by atoms with Gasteiger partial charge < -0.3 is 15.5 Å². The lowest BCUT2D eigenvalue weighted by Crippen LogP contribution is -2.47. The van der Waals surface area contributed by atoms with Crippen LogP contribution in [0.5, 0.6) is 0 Å². The Balaban J connectivity index is 1.58. The molecule has 2 aliphatic heterocycles. The van der Waals surface area contributed by atoms with E-state index in [1.165, 1.54) is 0 Å². The average molecular weight is 287 g/mol. The number of amides is 2. The van der Waals surface area contributed by atoms with Gasteiger partial charge in [-0.2, -0.15) is 0 Å². The third kappa shape index (κ3) is 2.78. The smallest absolute Gasteiger partial charge is 0.251 e. The maximum absolute atomic E-state index is 12.4. The fourth-order valence-corrected chi connectivity index (χ4v) is 3.53. The summed E-state index contributed by atoms with van der Waals surface area (Å²) >= 11 is 0. The van der Waals surface area contributed by atoms with Crippen LogP contribution in [0.1, 0.15) is 23.7 Å². The first-order chi connectivity index (χ1) is 10.2. The number of carbonyl (C=O) groups excluding carboxylic acids is 2. The highest BCUT2D eigenvalue weighted by molar-refractivity contribution is 5.96. The molecule has 0 saturated carbocycles. The molecule has 2 aliphatic rings. The molecule has 3 atom stereocenters. The zero-order valence-corrected chi connectivity index (χ0v) is 12.2. The maximum Gasteiger partial charge on any atom is 0.251 e. The topological polar surface area (TPSA) is 61.4 Å². The summed E-state index contributed by atoms with van der Waals surface area (Å²) in [5, 5.41) is 6.06. The molecule has 0 aromatic heterocycles. The van der Waals surface area contributed by atoms with E-state index < -0.39 is 0 Å². The first kappa shape index (κ1) is 14.1. The van der Waals surface area contributed by atoms with E-state index in [1.807, 2.05) is 23.1 Å². The first-order valence-electron chi connectivity index (χ1n) is 7.52. The Labute approximate surface area is 124 Å². The number of carbonyl (C=O) groups is 2. The van der Waals surface area contributed by atoms with Crippen molar-refractivity contribution in [3.05, 3.63) is 35.9 Å². The van der Waals surface area contributed by atoms with Gasteiger partial charge in [0.25, 0.3) is 5.91 Å². The SMILES string of the molecule is CC1CC2CNCC2N1C(=O)CNC(=O)c1ccccc1. The summed E-state index contributed by atoms with van der Waals surface area (Å²) in [6.07, 6.45) is 1.05. The van der Waals surface area contributed by atoms with Gasteiger partial charge in [-0.05, 0) is 31.4 Å². The molecule has 0 aliphatic carbocycles. The largest absolute Gasteiger partial charge is 0.343 e. The summed E-state index contributed by atoms with van der Waals surface area (Å²) < 4.78 is 0. The highest BCUT2D eigenvalue weighted by Gasteiger charge is 2.43. The fraction of sp³-hybridized carbons (Fsp3) is 0.500. The number of hydrogen-bond donors (Lipinski definition) is 2. The molecule has 3 rings (SSSR count). The predicted molar refractivity (Wildman–Crippen MR) is 79.8 cm³/mol. The van der Waals surface area contributed by atoms with Crippen LogP contribution in [0.4, 0.5) is 0 Å². The number of rotatable bonds is 3. The molecule has 0 bridgehead atoms. The Morgan fingerprint density at radius 2 is 2.05 bits per heavy atom. The monoisotopic (exact) mass is 287 g/mol. The number of likely N-dealkylation sites (tertiary alicyclic amines) is 1. The Hall–Kier alpha value is -1.88. The van der Waals surface area contributed by atoms with Crippen molar-refractivity contribution in [2.75, 3.05) is 19.6 Å². The van der Waals surface area contributed by atoms with Crippen LogP contribution >= 0.6 is 0 Å². The van der Waals surface area contributed by atoms with Gasteiger partial charge in [-0.25, -0.2) is 0 Å². The molecule has 21 heavy (non-hydrogen) atoms. The lowest BCUT2D eigenvalue weighted by molar-refractivity contribution is -0.132. The van der Waals surface area contributed by atoms with Crippen molar-refractivity contribution in [3.63, 3.8) is 0 Å². The van der Waals surface area contributed by atoms with E-state index in [1.54, 1.807) is 12.1 Å². The highest BCUT2D eigenvalue weighted by atomic mass is 16.2. The van der Waals surface area contributed by atoms with Gasteiger partial charge in [-0.1, -0.05) is 18.2 Å². The number of benzene rings is 1. The second kappa shape index (κ2) is 5.85. The number of nitrogens with one attached hydrogen (secondary N) is 2. The van der Waals surface area contributed by atoms with Gasteiger partial charge >= 0.3 is 0 Å². The van der Waals surface area contributed by atoms with Gasteiger partial charge in [-0.3, -0.25) is 9.59 Å². The van der Waals surface area contributed by atoms with Gasteiger partial charge in [-0.15, -0.1) is 0 Å². The summed E-state index contributed by atoms with van der Waals surface area (Å²) in [7, 11) is 0. The minimum absolute atomic E-state index is 0.0166. The molecule has 0 radical (unpaired) electrons. The fourth-order valence-electron chi connectivity index (χ4n) is 3.53. The van der Waals surface area contributed by atoms with Gasteiger partial charge in [0.2, 0.25) is 5.91 Å². The van der Waals surface area contributed by atoms with Crippen molar-refractivity contribution < 1.29 is 9.59 Å². The van der Waals surface area contributed by atoms with E-state index in [0.717, 1.165) is 19.5 Å². The van der Waals surface area contributed by atoms with Crippen molar-refractivity contribution in [2.24, 2.45) is 5.92 Å². The van der Waals surface area contributed by atoms with Crippen LogP contribution < -0.4 is 10.6 Å². The summed E-state index contributed by atoms with van der Waals surface area (Å²) in [6.45, 7) is 4.03. The average Bonchev–Trinajstić information content (AvgIpc) is 3.05. The molecule has 2 saturated heterocycles. The van der Waals surface area contributed by atoms with Crippen LogP contribution in [0.15, 0.2) is 30.3 Å². The number of fused-ring (bicyclic) bond motifs is 1. The van der Waals surface area contributed by atoms with Gasteiger partial charge in [0.15, 0.2) is 0 Å². The van der Waals surface area contributed by atoms with Crippen molar-refractivity contribution in [1.29, 1.82) is 0 Å². The minimum Gasteiger partial charge on any atom is -0.343 e. The third-order valence-electron chi connectivity index (χ3n) is 4.50.